The van der Waals surface area contributed by atoms with E-state index in [0.29, 0.717) is 5.69 Å². The SMILES string of the molecule is N#CCCN(c1ccccc1)S(=O)(=O)CC(=O)O. The minimum atomic E-state index is -3.96. The van der Waals surface area contributed by atoms with E-state index in [4.69, 9.17) is 10.4 Å². The molecule has 0 radical (unpaired) electrons. The van der Waals surface area contributed by atoms with Crippen LogP contribution in [0.4, 0.5) is 5.69 Å². The number of hydrogen-bond acceptors (Lipinski definition) is 4. The van der Waals surface area contributed by atoms with Gasteiger partial charge in [0.15, 0.2) is 5.75 Å². The molecule has 0 aliphatic heterocycles. The molecule has 0 saturated carbocycles. The number of hydrogen-bond donors (Lipinski definition) is 1. The first-order chi connectivity index (χ1) is 8.47. The summed E-state index contributed by atoms with van der Waals surface area (Å²) in [7, 11) is -3.96. The van der Waals surface area contributed by atoms with Crippen molar-refractivity contribution in [2.75, 3.05) is 16.6 Å². The van der Waals surface area contributed by atoms with Crippen molar-refractivity contribution in [3.05, 3.63) is 30.3 Å². The molecule has 96 valence electrons. The Hall–Kier alpha value is -2.07. The maximum absolute atomic E-state index is 11.9. The van der Waals surface area contributed by atoms with Crippen molar-refractivity contribution in [1.82, 2.24) is 0 Å². The molecule has 0 aromatic heterocycles. The summed E-state index contributed by atoms with van der Waals surface area (Å²) in [5.74, 6) is -2.42. The first-order valence-corrected chi connectivity index (χ1v) is 6.72. The smallest absolute Gasteiger partial charge is 0.320 e. The molecule has 1 aromatic carbocycles. The Balaban J connectivity index is 3.07. The average Bonchev–Trinajstić information content (AvgIpc) is 2.29. The molecular weight excluding hydrogens is 256 g/mol. The van der Waals surface area contributed by atoms with Crippen molar-refractivity contribution in [1.29, 1.82) is 5.26 Å². The highest BCUT2D eigenvalue weighted by atomic mass is 32.2. The number of carboxylic acid groups (broad SMARTS) is 1. The molecule has 0 aliphatic carbocycles. The van der Waals surface area contributed by atoms with E-state index in [1.54, 1.807) is 30.3 Å². The van der Waals surface area contributed by atoms with E-state index in [0.717, 1.165) is 4.31 Å². The summed E-state index contributed by atoms with van der Waals surface area (Å²) in [6, 6.07) is 9.95. The molecule has 1 N–H and O–H groups in total. The Bertz CT molecular complexity index is 548. The third-order valence-corrected chi connectivity index (χ3v) is 3.79. The Morgan fingerprint density at radius 3 is 2.44 bits per heavy atom. The van der Waals surface area contributed by atoms with Crippen LogP contribution < -0.4 is 4.31 Å². The van der Waals surface area contributed by atoms with E-state index in [9.17, 15) is 13.2 Å². The predicted octanol–water partition coefficient (Wildman–Crippen LogP) is 0.821. The van der Waals surface area contributed by atoms with E-state index in [2.05, 4.69) is 0 Å². The van der Waals surface area contributed by atoms with Gasteiger partial charge in [0.25, 0.3) is 0 Å². The van der Waals surface area contributed by atoms with Crippen molar-refractivity contribution in [3.8, 4) is 6.07 Å². The van der Waals surface area contributed by atoms with Crippen LogP contribution in [0, 0.1) is 11.3 Å². The van der Waals surface area contributed by atoms with Gasteiger partial charge < -0.3 is 5.11 Å². The van der Waals surface area contributed by atoms with E-state index in [1.807, 2.05) is 6.07 Å². The normalized spacial score (nSPS) is 10.6. The van der Waals surface area contributed by atoms with Crippen LogP contribution >= 0.6 is 0 Å². The molecule has 0 heterocycles. The quantitative estimate of drug-likeness (QED) is 0.823. The van der Waals surface area contributed by atoms with Crippen molar-refractivity contribution >= 4 is 21.7 Å². The van der Waals surface area contributed by atoms with Gasteiger partial charge in [-0.05, 0) is 12.1 Å². The lowest BCUT2D eigenvalue weighted by Crippen LogP contribution is -2.36. The topological polar surface area (TPSA) is 98.5 Å². The molecule has 0 atom stereocenters. The fraction of sp³-hybridized carbons (Fsp3) is 0.273. The fourth-order valence-corrected chi connectivity index (χ4v) is 2.69. The van der Waals surface area contributed by atoms with Crippen molar-refractivity contribution in [3.63, 3.8) is 0 Å². The van der Waals surface area contributed by atoms with Crippen molar-refractivity contribution in [2.24, 2.45) is 0 Å². The van der Waals surface area contributed by atoms with Crippen LogP contribution in [0.1, 0.15) is 6.42 Å². The molecule has 0 fully saturated rings. The van der Waals surface area contributed by atoms with Crippen LogP contribution in [0.3, 0.4) is 0 Å². The van der Waals surface area contributed by atoms with Gasteiger partial charge in [-0.3, -0.25) is 9.10 Å². The summed E-state index contributed by atoms with van der Waals surface area (Å²) >= 11 is 0. The molecule has 0 saturated heterocycles. The monoisotopic (exact) mass is 268 g/mol. The number of sulfonamides is 1. The molecule has 6 nitrogen and oxygen atoms in total. The van der Waals surface area contributed by atoms with Crippen LogP contribution in [0.15, 0.2) is 30.3 Å². The van der Waals surface area contributed by atoms with Gasteiger partial charge in [0.05, 0.1) is 18.2 Å². The third-order valence-electron chi connectivity index (χ3n) is 2.11. The highest BCUT2D eigenvalue weighted by molar-refractivity contribution is 7.93. The summed E-state index contributed by atoms with van der Waals surface area (Å²) in [6.07, 6.45) is -0.00621. The molecule has 0 bridgehead atoms. The molecule has 0 spiro atoms. The number of carbonyl (C=O) groups is 1. The predicted molar refractivity (Wildman–Crippen MR) is 65.4 cm³/mol. The molecule has 1 aromatic rings. The van der Waals surface area contributed by atoms with Crippen LogP contribution in [0.25, 0.3) is 0 Å². The second-order valence-corrected chi connectivity index (χ2v) is 5.36. The number of aliphatic carboxylic acids is 1. The van der Waals surface area contributed by atoms with Gasteiger partial charge >= 0.3 is 5.97 Å². The number of carboxylic acids is 1. The number of anilines is 1. The van der Waals surface area contributed by atoms with Crippen LogP contribution in [0.5, 0.6) is 0 Å². The number of para-hydroxylation sites is 1. The zero-order chi connectivity index (χ0) is 13.6. The van der Waals surface area contributed by atoms with E-state index < -0.39 is 21.7 Å². The molecular formula is C11H12N2O4S. The molecule has 0 amide bonds. The van der Waals surface area contributed by atoms with Gasteiger partial charge in [-0.15, -0.1) is 0 Å². The van der Waals surface area contributed by atoms with Crippen molar-refractivity contribution < 1.29 is 18.3 Å². The van der Waals surface area contributed by atoms with E-state index in [-0.39, 0.29) is 13.0 Å². The highest BCUT2D eigenvalue weighted by Crippen LogP contribution is 2.18. The third kappa shape index (κ3) is 3.75. The van der Waals surface area contributed by atoms with Gasteiger partial charge in [0.2, 0.25) is 10.0 Å². The van der Waals surface area contributed by atoms with E-state index >= 15 is 0 Å². The summed E-state index contributed by atoms with van der Waals surface area (Å²) < 4.78 is 24.7. The number of benzene rings is 1. The summed E-state index contributed by atoms with van der Waals surface area (Å²) in [5.41, 5.74) is 0.356. The number of nitriles is 1. The van der Waals surface area contributed by atoms with Crippen LogP contribution in [0.2, 0.25) is 0 Å². The average molecular weight is 268 g/mol. The Labute approximate surface area is 105 Å². The number of rotatable bonds is 6. The van der Waals surface area contributed by atoms with Crippen LogP contribution in [-0.2, 0) is 14.8 Å². The molecule has 0 aliphatic rings. The molecule has 18 heavy (non-hydrogen) atoms. The van der Waals surface area contributed by atoms with Crippen LogP contribution in [-0.4, -0.2) is 31.8 Å². The van der Waals surface area contributed by atoms with Gasteiger partial charge in [-0.2, -0.15) is 5.26 Å². The lowest BCUT2D eigenvalue weighted by Gasteiger charge is -2.22. The fourth-order valence-electron chi connectivity index (χ4n) is 1.41. The minimum Gasteiger partial charge on any atom is -0.480 e. The molecule has 7 heteroatoms. The lowest BCUT2D eigenvalue weighted by atomic mass is 10.3. The zero-order valence-corrected chi connectivity index (χ0v) is 10.3. The largest absolute Gasteiger partial charge is 0.480 e. The molecule has 0 unspecified atom stereocenters. The van der Waals surface area contributed by atoms with Crippen molar-refractivity contribution in [2.45, 2.75) is 6.42 Å². The summed E-state index contributed by atoms with van der Waals surface area (Å²) in [4.78, 5) is 10.6. The first kappa shape index (κ1) is 14.0. The molecule has 1 rings (SSSR count). The Morgan fingerprint density at radius 1 is 1.33 bits per heavy atom. The maximum atomic E-state index is 11.9. The Kier molecular flexibility index (Phi) is 4.68. The highest BCUT2D eigenvalue weighted by Gasteiger charge is 2.25. The standard InChI is InChI=1S/C11H12N2O4S/c12-7-4-8-13(10-5-2-1-3-6-10)18(16,17)9-11(14)15/h1-3,5-6H,4,8-9H2,(H,14,15). The second kappa shape index (κ2) is 6.02. The van der Waals surface area contributed by atoms with Gasteiger partial charge in [0, 0.05) is 6.54 Å². The van der Waals surface area contributed by atoms with Gasteiger partial charge in [-0.25, -0.2) is 8.42 Å². The zero-order valence-electron chi connectivity index (χ0n) is 9.48. The van der Waals surface area contributed by atoms with E-state index in [1.165, 1.54) is 0 Å². The minimum absolute atomic E-state index is 0.00621. The summed E-state index contributed by atoms with van der Waals surface area (Å²) in [5, 5.41) is 17.1. The lowest BCUT2D eigenvalue weighted by molar-refractivity contribution is -0.134. The first-order valence-electron chi connectivity index (χ1n) is 5.11. The summed E-state index contributed by atoms with van der Waals surface area (Å²) in [6.45, 7) is -0.0594. The second-order valence-electron chi connectivity index (χ2n) is 3.47. The van der Waals surface area contributed by atoms with Gasteiger partial charge in [0.1, 0.15) is 0 Å². The van der Waals surface area contributed by atoms with Gasteiger partial charge in [-0.1, -0.05) is 18.2 Å². The Morgan fingerprint density at radius 2 is 1.94 bits per heavy atom. The maximum Gasteiger partial charge on any atom is 0.320 e. The number of nitrogens with zero attached hydrogens (tertiary/aromatic N) is 2.